The zero-order valence-corrected chi connectivity index (χ0v) is 22.6. The SMILES string of the molecule is Cc1ccc(COCC(C)NP(=O)(OCC2CC(C)C(n3ccc(=O)[nH]c3=O)O2)Oc2ccccc2)cc1. The molecule has 10 nitrogen and oxygen atoms in total. The zero-order valence-electron chi connectivity index (χ0n) is 21.7. The normalized spacial score (nSPS) is 21.6. The molecule has 38 heavy (non-hydrogen) atoms. The molecule has 0 bridgehead atoms. The molecule has 204 valence electrons. The maximum absolute atomic E-state index is 13.8. The molecule has 1 fully saturated rings. The summed E-state index contributed by atoms with van der Waals surface area (Å²) in [6, 6.07) is 17.8. The number of hydrogen-bond donors (Lipinski definition) is 2. The minimum atomic E-state index is -3.82. The predicted octanol–water partition coefficient (Wildman–Crippen LogP) is 4.17. The molecule has 0 radical (unpaired) electrons. The van der Waals surface area contributed by atoms with Gasteiger partial charge < -0.3 is 14.0 Å². The highest BCUT2D eigenvalue weighted by Gasteiger charge is 2.37. The molecular formula is C27H34N3O7P. The van der Waals surface area contributed by atoms with E-state index in [9.17, 15) is 14.2 Å². The van der Waals surface area contributed by atoms with Crippen molar-refractivity contribution in [3.8, 4) is 5.75 Å². The van der Waals surface area contributed by atoms with E-state index in [1.165, 1.54) is 22.4 Å². The summed E-state index contributed by atoms with van der Waals surface area (Å²) in [5.41, 5.74) is 1.21. The minimum Gasteiger partial charge on any atom is -0.413 e. The van der Waals surface area contributed by atoms with Crippen LogP contribution in [0.15, 0.2) is 76.4 Å². The zero-order chi connectivity index (χ0) is 27.1. The summed E-state index contributed by atoms with van der Waals surface area (Å²) in [7, 11) is -3.82. The van der Waals surface area contributed by atoms with Crippen molar-refractivity contribution in [1.29, 1.82) is 0 Å². The quantitative estimate of drug-likeness (QED) is 0.327. The van der Waals surface area contributed by atoms with Gasteiger partial charge in [-0.05, 0) is 38.0 Å². The fourth-order valence-corrected chi connectivity index (χ4v) is 5.79. The third-order valence-electron chi connectivity index (χ3n) is 6.11. The first-order chi connectivity index (χ1) is 18.2. The molecule has 11 heteroatoms. The average molecular weight is 544 g/mol. The highest BCUT2D eigenvalue weighted by atomic mass is 31.2. The number of hydrogen-bond acceptors (Lipinski definition) is 7. The number of aryl methyl sites for hydroxylation is 1. The van der Waals surface area contributed by atoms with Gasteiger partial charge in [0.1, 0.15) is 12.0 Å². The lowest BCUT2D eigenvalue weighted by atomic mass is 10.1. The Morgan fingerprint density at radius 1 is 1.13 bits per heavy atom. The van der Waals surface area contributed by atoms with Gasteiger partial charge in [0.2, 0.25) is 0 Å². The van der Waals surface area contributed by atoms with E-state index in [1.54, 1.807) is 24.3 Å². The highest BCUT2D eigenvalue weighted by Crippen LogP contribution is 2.46. The fraction of sp³-hybridized carbons (Fsp3) is 0.407. The van der Waals surface area contributed by atoms with Gasteiger partial charge in [0.25, 0.3) is 5.56 Å². The van der Waals surface area contributed by atoms with Crippen molar-refractivity contribution in [3.05, 3.63) is 98.8 Å². The minimum absolute atomic E-state index is 0.0208. The number of nitrogens with zero attached hydrogens (tertiary/aromatic N) is 1. The van der Waals surface area contributed by atoms with Gasteiger partial charge in [-0.3, -0.25) is 18.9 Å². The van der Waals surface area contributed by atoms with E-state index >= 15 is 0 Å². The lowest BCUT2D eigenvalue weighted by molar-refractivity contribution is -0.0311. The summed E-state index contributed by atoms with van der Waals surface area (Å²) in [4.78, 5) is 25.9. The Kier molecular flexibility index (Phi) is 9.35. The van der Waals surface area contributed by atoms with Crippen LogP contribution < -0.4 is 20.9 Å². The Morgan fingerprint density at radius 2 is 1.87 bits per heavy atom. The Morgan fingerprint density at radius 3 is 2.58 bits per heavy atom. The van der Waals surface area contributed by atoms with Crippen LogP contribution in [0.1, 0.15) is 37.6 Å². The number of rotatable bonds is 12. The van der Waals surface area contributed by atoms with Gasteiger partial charge in [-0.1, -0.05) is 55.0 Å². The van der Waals surface area contributed by atoms with Crippen LogP contribution in [0.25, 0.3) is 0 Å². The molecule has 5 unspecified atom stereocenters. The van der Waals surface area contributed by atoms with E-state index in [0.29, 0.717) is 18.8 Å². The van der Waals surface area contributed by atoms with Crippen LogP contribution in [0.5, 0.6) is 5.75 Å². The number of aromatic amines is 1. The van der Waals surface area contributed by atoms with Crippen LogP contribution in [0.2, 0.25) is 0 Å². The largest absolute Gasteiger partial charge is 0.459 e. The van der Waals surface area contributed by atoms with Gasteiger partial charge in [-0.15, -0.1) is 0 Å². The first-order valence-electron chi connectivity index (χ1n) is 12.6. The van der Waals surface area contributed by atoms with Crippen molar-refractivity contribution in [3.63, 3.8) is 0 Å². The van der Waals surface area contributed by atoms with Crippen LogP contribution in [0.4, 0.5) is 0 Å². The molecule has 1 aromatic heterocycles. The van der Waals surface area contributed by atoms with Gasteiger partial charge in [-0.25, -0.2) is 14.4 Å². The van der Waals surface area contributed by atoms with Crippen molar-refractivity contribution in [2.45, 2.75) is 52.2 Å². The fourth-order valence-electron chi connectivity index (χ4n) is 4.23. The summed E-state index contributed by atoms with van der Waals surface area (Å²) in [5, 5.41) is 2.97. The van der Waals surface area contributed by atoms with Crippen molar-refractivity contribution >= 4 is 7.75 Å². The smallest absolute Gasteiger partial charge is 0.413 e. The molecule has 0 spiro atoms. The maximum Gasteiger partial charge on any atom is 0.459 e. The van der Waals surface area contributed by atoms with Gasteiger partial charge in [0.05, 0.1) is 25.9 Å². The molecule has 5 atom stereocenters. The molecule has 2 aromatic carbocycles. The first-order valence-corrected chi connectivity index (χ1v) is 14.1. The van der Waals surface area contributed by atoms with Crippen molar-refractivity contribution < 1.29 is 23.1 Å². The van der Waals surface area contributed by atoms with E-state index in [2.05, 4.69) is 10.1 Å². The summed E-state index contributed by atoms with van der Waals surface area (Å²) in [5.74, 6) is 0.359. The Balaban J connectivity index is 1.37. The first kappa shape index (κ1) is 28.0. The average Bonchev–Trinajstić information content (AvgIpc) is 3.25. The third-order valence-corrected chi connectivity index (χ3v) is 7.81. The summed E-state index contributed by atoms with van der Waals surface area (Å²) >= 11 is 0. The van der Waals surface area contributed by atoms with Gasteiger partial charge in [0, 0.05) is 24.2 Å². The number of nitrogens with one attached hydrogen (secondary N) is 2. The van der Waals surface area contributed by atoms with Crippen LogP contribution in [-0.2, 0) is 25.2 Å². The molecule has 1 saturated heterocycles. The number of ether oxygens (including phenoxy) is 2. The van der Waals surface area contributed by atoms with Crippen molar-refractivity contribution in [1.82, 2.24) is 14.6 Å². The molecule has 1 aliphatic rings. The van der Waals surface area contributed by atoms with E-state index in [1.807, 2.05) is 51.1 Å². The number of benzene rings is 2. The lowest BCUT2D eigenvalue weighted by Crippen LogP contribution is -2.33. The summed E-state index contributed by atoms with van der Waals surface area (Å²) < 4.78 is 38.6. The summed E-state index contributed by atoms with van der Waals surface area (Å²) in [6.45, 7) is 6.50. The standard InChI is InChI=1S/C27H34N3O7P/c1-19-9-11-22(12-10-19)17-34-16-21(3)29-38(33,37-23-7-5-4-6-8-23)35-18-24-15-20(2)26(36-24)30-14-13-25(31)28-27(30)32/h4-14,20-21,24,26H,15-18H2,1-3H3,(H,29,33)(H,28,31,32). The molecule has 2 heterocycles. The van der Waals surface area contributed by atoms with Crippen molar-refractivity contribution in [2.75, 3.05) is 13.2 Å². The second-order valence-corrected chi connectivity index (χ2v) is 11.3. The molecule has 2 N–H and O–H groups in total. The Labute approximate surface area is 221 Å². The van der Waals surface area contributed by atoms with E-state index < -0.39 is 31.3 Å². The summed E-state index contributed by atoms with van der Waals surface area (Å²) in [6.07, 6.45) is 0.965. The van der Waals surface area contributed by atoms with Crippen LogP contribution >= 0.6 is 7.75 Å². The molecular weight excluding hydrogens is 509 g/mol. The van der Waals surface area contributed by atoms with Crippen LogP contribution in [-0.4, -0.2) is 34.9 Å². The monoisotopic (exact) mass is 543 g/mol. The predicted molar refractivity (Wildman–Crippen MR) is 143 cm³/mol. The number of aromatic nitrogens is 2. The topological polar surface area (TPSA) is 121 Å². The van der Waals surface area contributed by atoms with Crippen LogP contribution in [0.3, 0.4) is 0 Å². The second kappa shape index (κ2) is 12.7. The molecule has 0 saturated carbocycles. The molecule has 4 rings (SSSR count). The van der Waals surface area contributed by atoms with Crippen LogP contribution in [0, 0.1) is 12.8 Å². The van der Waals surface area contributed by atoms with Gasteiger partial charge >= 0.3 is 13.4 Å². The lowest BCUT2D eigenvalue weighted by Gasteiger charge is -2.25. The van der Waals surface area contributed by atoms with E-state index in [4.69, 9.17) is 18.5 Å². The van der Waals surface area contributed by atoms with E-state index in [-0.39, 0.29) is 25.2 Å². The van der Waals surface area contributed by atoms with Gasteiger partial charge in [0.15, 0.2) is 0 Å². The number of H-pyrrole nitrogens is 1. The van der Waals surface area contributed by atoms with Crippen molar-refractivity contribution in [2.24, 2.45) is 5.92 Å². The molecule has 1 aliphatic heterocycles. The maximum atomic E-state index is 13.8. The Hall–Kier alpha value is -3.01. The Bertz CT molecular complexity index is 1340. The number of para-hydroxylation sites is 1. The highest BCUT2D eigenvalue weighted by molar-refractivity contribution is 7.52. The molecule has 0 aliphatic carbocycles. The molecule has 0 amide bonds. The second-order valence-electron chi connectivity index (χ2n) is 9.61. The molecule has 3 aromatic rings. The van der Waals surface area contributed by atoms with E-state index in [0.717, 1.165) is 5.56 Å². The third kappa shape index (κ3) is 7.75. The van der Waals surface area contributed by atoms with Gasteiger partial charge in [-0.2, -0.15) is 0 Å².